The van der Waals surface area contributed by atoms with Crippen LogP contribution in [0.2, 0.25) is 4.18 Å². The first-order chi connectivity index (χ1) is 2.27. The minimum absolute atomic E-state index is 0.946. The summed E-state index contributed by atoms with van der Waals surface area (Å²) in [7, 11) is 0. The Bertz CT molecular complexity index is 17.6. The van der Waals surface area contributed by atoms with E-state index in [1.165, 1.54) is 28.6 Å². The fourth-order valence-corrected chi connectivity index (χ4v) is 0. The molecule has 0 radical (unpaired) electrons. The molecule has 0 aliphatic heterocycles. The zero-order valence-electron chi connectivity index (χ0n) is 3.78. The second kappa shape index (κ2) is 3.08. The van der Waals surface area contributed by atoms with Crippen LogP contribution in [0.4, 0.5) is 0 Å². The van der Waals surface area contributed by atoms with Crippen molar-refractivity contribution in [3.05, 3.63) is 0 Å². The van der Waals surface area contributed by atoms with E-state index >= 15 is 0 Å². The van der Waals surface area contributed by atoms with Crippen LogP contribution in [0.1, 0.15) is 13.8 Å². The van der Waals surface area contributed by atoms with E-state index in [0.717, 1.165) is 5.92 Å². The van der Waals surface area contributed by atoms with Gasteiger partial charge in [-0.2, -0.15) is 0 Å². The molecule has 29 valence electrons. The predicted molar refractivity (Wildman–Crippen MR) is 19.6 cm³/mol. The first-order valence-electron chi connectivity index (χ1n) is 1.92. The summed E-state index contributed by atoms with van der Waals surface area (Å²) < 4.78 is 1.44. The van der Waals surface area contributed by atoms with Crippen LogP contribution in [0.3, 0.4) is 0 Å². The monoisotopic (exact) mass is 237 g/mol. The Labute approximate surface area is 48.5 Å². The Hall–Kier alpha value is 0.870. The molecular formula is C4H9Hf. The summed E-state index contributed by atoms with van der Waals surface area (Å²) >= 11 is 1.37. The number of hydrogen-bond donors (Lipinski definition) is 0. The molecule has 5 heavy (non-hydrogen) atoms. The third-order valence-corrected chi connectivity index (χ3v) is 3.34. The van der Waals surface area contributed by atoms with Gasteiger partial charge in [0.1, 0.15) is 0 Å². The normalized spacial score (nSPS) is 9.20. The molecule has 0 bridgehead atoms. The van der Waals surface area contributed by atoms with E-state index in [-0.39, 0.29) is 0 Å². The van der Waals surface area contributed by atoms with E-state index in [1.54, 1.807) is 0 Å². The molecule has 1 heteroatoms. The Kier molecular flexibility index (Phi) is 3.61. The van der Waals surface area contributed by atoms with Crippen molar-refractivity contribution < 1.29 is 24.4 Å². The van der Waals surface area contributed by atoms with Crippen LogP contribution >= 0.6 is 0 Å². The van der Waals surface area contributed by atoms with Gasteiger partial charge in [-0.05, 0) is 0 Å². The molecule has 0 fully saturated rings. The van der Waals surface area contributed by atoms with Gasteiger partial charge in [-0.15, -0.1) is 0 Å². The molecule has 0 spiro atoms. The Morgan fingerprint density at radius 1 is 1.60 bits per heavy atom. The first kappa shape index (κ1) is 5.87. The fourth-order valence-electron chi connectivity index (χ4n) is 0. The van der Waals surface area contributed by atoms with Gasteiger partial charge in [0.2, 0.25) is 0 Å². The van der Waals surface area contributed by atoms with Gasteiger partial charge in [-0.3, -0.25) is 0 Å². The molecule has 0 aromatic carbocycles. The third kappa shape index (κ3) is 4.87. The van der Waals surface area contributed by atoms with Gasteiger partial charge in [-0.25, -0.2) is 0 Å². The summed E-state index contributed by atoms with van der Waals surface area (Å²) in [6, 6.07) is 0. The van der Waals surface area contributed by atoms with Crippen molar-refractivity contribution in [2.24, 2.45) is 5.92 Å². The van der Waals surface area contributed by atoms with Crippen molar-refractivity contribution in [1.82, 2.24) is 0 Å². The van der Waals surface area contributed by atoms with Gasteiger partial charge in [0.25, 0.3) is 0 Å². The van der Waals surface area contributed by atoms with E-state index in [2.05, 4.69) is 13.8 Å². The standard InChI is InChI=1S/C4H9.Hf/c1-4(2)3;/h4H,1H2,2-3H3;. The second-order valence-corrected chi connectivity index (χ2v) is 3.06. The van der Waals surface area contributed by atoms with Crippen molar-refractivity contribution >= 4 is 0 Å². The van der Waals surface area contributed by atoms with E-state index in [4.69, 9.17) is 0 Å². The molecule has 0 aliphatic rings. The van der Waals surface area contributed by atoms with Gasteiger partial charge in [0.05, 0.1) is 0 Å². The van der Waals surface area contributed by atoms with Crippen molar-refractivity contribution in [1.29, 1.82) is 0 Å². The minimum atomic E-state index is 0.946. The number of hydrogen-bond acceptors (Lipinski definition) is 0. The van der Waals surface area contributed by atoms with Gasteiger partial charge in [0.15, 0.2) is 0 Å². The molecule has 0 rings (SSSR count). The molecule has 0 atom stereocenters. The summed E-state index contributed by atoms with van der Waals surface area (Å²) in [5, 5.41) is 0. The van der Waals surface area contributed by atoms with Crippen LogP contribution in [0, 0.1) is 5.92 Å². The Morgan fingerprint density at radius 2 is 1.80 bits per heavy atom. The Morgan fingerprint density at radius 3 is 1.80 bits per heavy atom. The average Bonchev–Trinajstić information content (AvgIpc) is 1.38. The predicted octanol–water partition coefficient (Wildman–Crippen LogP) is 1.61. The maximum absolute atomic E-state index is 2.26. The van der Waals surface area contributed by atoms with Crippen LogP contribution in [0.15, 0.2) is 0 Å². The SMILES string of the molecule is CC(C)[CH2][Hf]. The van der Waals surface area contributed by atoms with E-state index in [1.807, 2.05) is 0 Å². The molecule has 0 aromatic rings. The van der Waals surface area contributed by atoms with Gasteiger partial charge in [-0.1, -0.05) is 0 Å². The van der Waals surface area contributed by atoms with E-state index in [0.29, 0.717) is 0 Å². The summed E-state index contributed by atoms with van der Waals surface area (Å²) in [4.78, 5) is 0. The zero-order chi connectivity index (χ0) is 4.28. The summed E-state index contributed by atoms with van der Waals surface area (Å²) in [5.41, 5.74) is 0. The molecule has 0 N–H and O–H groups in total. The molecule has 0 aliphatic carbocycles. The third-order valence-electron chi connectivity index (χ3n) is 0.408. The quantitative estimate of drug-likeness (QED) is 0.606. The summed E-state index contributed by atoms with van der Waals surface area (Å²) in [6.45, 7) is 4.51. The number of rotatable bonds is 1. The Balaban J connectivity index is 2.54. The van der Waals surface area contributed by atoms with Crippen LogP contribution < -0.4 is 0 Å². The average molecular weight is 236 g/mol. The van der Waals surface area contributed by atoms with Gasteiger partial charge in [0, 0.05) is 0 Å². The van der Waals surface area contributed by atoms with Crippen LogP contribution in [0.5, 0.6) is 0 Å². The molecule has 0 saturated heterocycles. The topological polar surface area (TPSA) is 0 Å². The van der Waals surface area contributed by atoms with Crippen molar-refractivity contribution in [2.75, 3.05) is 0 Å². The summed E-state index contributed by atoms with van der Waals surface area (Å²) in [5.74, 6) is 0.946. The molecule has 0 saturated carbocycles. The van der Waals surface area contributed by atoms with Gasteiger partial charge >= 0.3 is 48.3 Å². The maximum atomic E-state index is 2.26. The van der Waals surface area contributed by atoms with Crippen molar-refractivity contribution in [3.63, 3.8) is 0 Å². The van der Waals surface area contributed by atoms with E-state index in [9.17, 15) is 0 Å². The first-order valence-corrected chi connectivity index (χ1v) is 4.46. The van der Waals surface area contributed by atoms with Crippen LogP contribution in [-0.4, -0.2) is 0 Å². The van der Waals surface area contributed by atoms with Crippen molar-refractivity contribution in [2.45, 2.75) is 18.0 Å². The van der Waals surface area contributed by atoms with Crippen molar-refractivity contribution in [3.8, 4) is 0 Å². The molecule has 0 nitrogen and oxygen atoms in total. The molecule has 0 aromatic heterocycles. The van der Waals surface area contributed by atoms with Crippen LogP contribution in [0.25, 0.3) is 0 Å². The van der Waals surface area contributed by atoms with Gasteiger partial charge < -0.3 is 0 Å². The van der Waals surface area contributed by atoms with Crippen LogP contribution in [-0.2, 0) is 24.4 Å². The molecule has 0 heterocycles. The molecule has 0 amide bonds. The van der Waals surface area contributed by atoms with E-state index < -0.39 is 0 Å². The summed E-state index contributed by atoms with van der Waals surface area (Å²) in [6.07, 6.45) is 0. The zero-order valence-corrected chi connectivity index (χ0v) is 7.38. The fraction of sp³-hybridized carbons (Fsp3) is 1.00. The molecular weight excluding hydrogens is 227 g/mol. The molecule has 0 unspecified atom stereocenters. The second-order valence-electron chi connectivity index (χ2n) is 1.60.